The van der Waals surface area contributed by atoms with Crippen LogP contribution in [-0.2, 0) is 35.3 Å². The Labute approximate surface area is 186 Å². The van der Waals surface area contributed by atoms with Gasteiger partial charge in [0.05, 0.1) is 19.1 Å². The molecule has 0 radical (unpaired) electrons. The molecule has 0 spiro atoms. The Hall–Kier alpha value is -2.98. The summed E-state index contributed by atoms with van der Waals surface area (Å²) in [4.78, 5) is 50.8. The van der Waals surface area contributed by atoms with Crippen LogP contribution in [0.25, 0.3) is 0 Å². The first-order valence-corrected chi connectivity index (χ1v) is 10.9. The second kappa shape index (κ2) is 9.66. The van der Waals surface area contributed by atoms with Gasteiger partial charge in [-0.3, -0.25) is 24.2 Å². The van der Waals surface area contributed by atoms with Gasteiger partial charge in [-0.1, -0.05) is 30.3 Å². The molecule has 3 saturated heterocycles. The van der Waals surface area contributed by atoms with Gasteiger partial charge in [-0.2, -0.15) is 0 Å². The number of carbonyl (C=O) groups is 4. The highest BCUT2D eigenvalue weighted by molar-refractivity contribution is 5.93. The molecule has 172 valence electrons. The lowest BCUT2D eigenvalue weighted by molar-refractivity contribution is -0.177. The maximum absolute atomic E-state index is 13.2. The van der Waals surface area contributed by atoms with Gasteiger partial charge in [0.1, 0.15) is 12.1 Å². The van der Waals surface area contributed by atoms with Crippen LogP contribution in [0.15, 0.2) is 30.3 Å². The fourth-order valence-electron chi connectivity index (χ4n) is 4.38. The van der Waals surface area contributed by atoms with Gasteiger partial charge in [-0.15, -0.1) is 0 Å². The van der Waals surface area contributed by atoms with Crippen LogP contribution in [0.3, 0.4) is 0 Å². The van der Waals surface area contributed by atoms with E-state index in [0.29, 0.717) is 25.8 Å². The van der Waals surface area contributed by atoms with Crippen LogP contribution in [0.2, 0.25) is 0 Å². The highest BCUT2D eigenvalue weighted by atomic mass is 16.7. The lowest BCUT2D eigenvalue weighted by atomic mass is 10.0. The Morgan fingerprint density at radius 3 is 2.72 bits per heavy atom. The highest BCUT2D eigenvalue weighted by Crippen LogP contribution is 2.26. The normalized spacial score (nSPS) is 28.2. The average molecular weight is 444 g/mol. The standard InChI is InChI=1S/C22H28N4O6/c1-23-15-9-10-18(27)25-11-5-8-17(26(25)21(15)30)20(29)24-16-12-19(28)32-22(16)31-13-14-6-3-2-4-7-14/h2-4,6-7,15-17,22-23H,5,8-13H2,1H3,(H,24,29). The van der Waals surface area contributed by atoms with Gasteiger partial charge in [0.15, 0.2) is 0 Å². The summed E-state index contributed by atoms with van der Waals surface area (Å²) in [5, 5.41) is 8.46. The van der Waals surface area contributed by atoms with E-state index >= 15 is 0 Å². The van der Waals surface area contributed by atoms with Crippen molar-refractivity contribution in [1.82, 2.24) is 20.7 Å². The molecule has 1 aromatic rings. The summed E-state index contributed by atoms with van der Waals surface area (Å²) < 4.78 is 11.0. The van der Waals surface area contributed by atoms with Gasteiger partial charge in [-0.05, 0) is 31.9 Å². The summed E-state index contributed by atoms with van der Waals surface area (Å²) in [5.74, 6) is -1.36. The number of likely N-dealkylation sites (N-methyl/N-ethyl adjacent to an activating group) is 1. The van der Waals surface area contributed by atoms with Crippen LogP contribution in [0, 0.1) is 0 Å². The van der Waals surface area contributed by atoms with Crippen molar-refractivity contribution in [3.05, 3.63) is 35.9 Å². The second-order valence-corrected chi connectivity index (χ2v) is 8.21. The zero-order valence-electron chi connectivity index (χ0n) is 18.0. The number of carbonyl (C=O) groups excluding carboxylic acids is 4. The minimum atomic E-state index is -0.919. The van der Waals surface area contributed by atoms with Crippen LogP contribution >= 0.6 is 0 Å². The number of cyclic esters (lactones) is 1. The lowest BCUT2D eigenvalue weighted by Crippen LogP contribution is -2.64. The molecule has 2 N–H and O–H groups in total. The first kappa shape index (κ1) is 22.2. The van der Waals surface area contributed by atoms with Gasteiger partial charge in [-0.25, -0.2) is 5.01 Å². The van der Waals surface area contributed by atoms with Gasteiger partial charge in [0.25, 0.3) is 5.91 Å². The van der Waals surface area contributed by atoms with Crippen LogP contribution in [0.4, 0.5) is 0 Å². The molecule has 10 heteroatoms. The number of nitrogens with zero attached hydrogens (tertiary/aromatic N) is 2. The first-order chi connectivity index (χ1) is 15.5. The number of hydrazine groups is 1. The molecule has 0 bridgehead atoms. The summed E-state index contributed by atoms with van der Waals surface area (Å²) in [7, 11) is 1.66. The highest BCUT2D eigenvalue weighted by Gasteiger charge is 2.45. The zero-order chi connectivity index (χ0) is 22.7. The Balaban J connectivity index is 1.45. The molecule has 10 nitrogen and oxygen atoms in total. The van der Waals surface area contributed by atoms with Crippen molar-refractivity contribution in [3.8, 4) is 0 Å². The van der Waals surface area contributed by atoms with Crippen molar-refractivity contribution in [2.24, 2.45) is 0 Å². The van der Waals surface area contributed by atoms with E-state index in [1.807, 2.05) is 30.3 Å². The molecular weight excluding hydrogens is 416 g/mol. The van der Waals surface area contributed by atoms with Crippen LogP contribution in [-0.4, -0.2) is 71.7 Å². The molecule has 3 amide bonds. The Morgan fingerprint density at radius 1 is 1.19 bits per heavy atom. The number of fused-ring (bicyclic) bond motifs is 1. The van der Waals surface area contributed by atoms with E-state index in [2.05, 4.69) is 10.6 Å². The maximum Gasteiger partial charge on any atom is 0.310 e. The number of esters is 1. The molecule has 3 aliphatic heterocycles. The van der Waals surface area contributed by atoms with Crippen molar-refractivity contribution in [3.63, 3.8) is 0 Å². The van der Waals surface area contributed by atoms with E-state index < -0.39 is 36.3 Å². The van der Waals surface area contributed by atoms with E-state index in [9.17, 15) is 19.2 Å². The van der Waals surface area contributed by atoms with E-state index in [0.717, 1.165) is 5.56 Å². The molecule has 0 aliphatic carbocycles. The SMILES string of the molecule is CNC1CCC(=O)N2CCCC(C(=O)NC3CC(=O)OC3OCc3ccccc3)N2C1=O. The van der Waals surface area contributed by atoms with Gasteiger partial charge < -0.3 is 20.1 Å². The number of benzene rings is 1. The molecule has 0 saturated carbocycles. The van der Waals surface area contributed by atoms with Crippen molar-refractivity contribution >= 4 is 23.7 Å². The minimum Gasteiger partial charge on any atom is -0.433 e. The van der Waals surface area contributed by atoms with Crippen molar-refractivity contribution in [2.45, 2.75) is 63.1 Å². The van der Waals surface area contributed by atoms with E-state index in [-0.39, 0.29) is 31.3 Å². The van der Waals surface area contributed by atoms with Crippen LogP contribution in [0.5, 0.6) is 0 Å². The summed E-state index contributed by atoms with van der Waals surface area (Å²) in [6.07, 6.45) is 0.713. The minimum absolute atomic E-state index is 0.0202. The Kier molecular flexibility index (Phi) is 6.71. The summed E-state index contributed by atoms with van der Waals surface area (Å²) in [5.41, 5.74) is 0.912. The average Bonchev–Trinajstić information content (AvgIpc) is 3.10. The van der Waals surface area contributed by atoms with Gasteiger partial charge in [0, 0.05) is 13.0 Å². The lowest BCUT2D eigenvalue weighted by Gasteiger charge is -2.43. The number of hydrogen-bond donors (Lipinski definition) is 2. The monoisotopic (exact) mass is 444 g/mol. The predicted octanol–water partition coefficient (Wildman–Crippen LogP) is 0.0774. The van der Waals surface area contributed by atoms with Crippen LogP contribution in [0.1, 0.15) is 37.7 Å². The molecule has 4 unspecified atom stereocenters. The van der Waals surface area contributed by atoms with Crippen molar-refractivity contribution in [1.29, 1.82) is 0 Å². The summed E-state index contributed by atoms with van der Waals surface area (Å²) in [6.45, 7) is 0.629. The molecule has 3 fully saturated rings. The van der Waals surface area contributed by atoms with E-state index in [4.69, 9.17) is 9.47 Å². The number of ether oxygens (including phenoxy) is 2. The predicted molar refractivity (Wildman–Crippen MR) is 111 cm³/mol. The Morgan fingerprint density at radius 2 is 1.97 bits per heavy atom. The van der Waals surface area contributed by atoms with Gasteiger partial charge in [0.2, 0.25) is 18.1 Å². The number of hydrogen-bond acceptors (Lipinski definition) is 7. The van der Waals surface area contributed by atoms with E-state index in [1.165, 1.54) is 10.0 Å². The second-order valence-electron chi connectivity index (χ2n) is 8.21. The third kappa shape index (κ3) is 4.61. The first-order valence-electron chi connectivity index (χ1n) is 10.9. The fraction of sp³-hybridized carbons (Fsp3) is 0.545. The maximum atomic E-state index is 13.2. The zero-order valence-corrected chi connectivity index (χ0v) is 18.0. The third-order valence-corrected chi connectivity index (χ3v) is 6.06. The number of rotatable bonds is 6. The number of nitrogens with one attached hydrogen (secondary N) is 2. The quantitative estimate of drug-likeness (QED) is 0.597. The van der Waals surface area contributed by atoms with E-state index in [1.54, 1.807) is 7.05 Å². The smallest absolute Gasteiger partial charge is 0.310 e. The summed E-state index contributed by atoms with van der Waals surface area (Å²) in [6, 6.07) is 7.39. The molecule has 3 heterocycles. The largest absolute Gasteiger partial charge is 0.433 e. The molecule has 4 rings (SSSR count). The number of amides is 3. The fourth-order valence-corrected chi connectivity index (χ4v) is 4.38. The van der Waals surface area contributed by atoms with Gasteiger partial charge >= 0.3 is 5.97 Å². The Bertz CT molecular complexity index is 878. The van der Waals surface area contributed by atoms with Crippen LogP contribution < -0.4 is 10.6 Å². The van der Waals surface area contributed by atoms with Crippen molar-refractivity contribution < 1.29 is 28.7 Å². The molecule has 32 heavy (non-hydrogen) atoms. The molecule has 0 aromatic heterocycles. The molecule has 4 atom stereocenters. The summed E-state index contributed by atoms with van der Waals surface area (Å²) >= 11 is 0. The third-order valence-electron chi connectivity index (χ3n) is 6.06. The molecular formula is C22H28N4O6. The topological polar surface area (TPSA) is 117 Å². The molecule has 1 aromatic carbocycles. The molecule has 3 aliphatic rings. The van der Waals surface area contributed by atoms with Crippen molar-refractivity contribution in [2.75, 3.05) is 13.6 Å².